The minimum atomic E-state index is 0.321. The number of halogens is 1. The average Bonchev–Trinajstić information content (AvgIpc) is 3.08. The van der Waals surface area contributed by atoms with Crippen LogP contribution >= 0.6 is 27.3 Å². The Balaban J connectivity index is 1.44. The predicted molar refractivity (Wildman–Crippen MR) is 85.7 cm³/mol. The summed E-state index contributed by atoms with van der Waals surface area (Å²) in [6, 6.07) is 4.53. The summed E-state index contributed by atoms with van der Waals surface area (Å²) in [6.07, 6.45) is 4.97. The number of carbonyl (C=O) groups excluding carboxylic acids is 1. The van der Waals surface area contributed by atoms with E-state index in [0.717, 1.165) is 32.4 Å². The van der Waals surface area contributed by atoms with Crippen LogP contribution in [0.2, 0.25) is 0 Å². The number of hydrogen-bond donors (Lipinski definition) is 1. The Labute approximate surface area is 132 Å². The molecule has 2 heterocycles. The van der Waals surface area contributed by atoms with Gasteiger partial charge < -0.3 is 10.6 Å². The molecule has 0 bridgehead atoms. The van der Waals surface area contributed by atoms with Crippen LogP contribution in [0.1, 0.15) is 30.6 Å². The highest BCUT2D eigenvalue weighted by Crippen LogP contribution is 2.37. The number of thiophene rings is 1. The summed E-state index contributed by atoms with van der Waals surface area (Å²) in [7, 11) is 0. The van der Waals surface area contributed by atoms with Gasteiger partial charge in [0.05, 0.1) is 3.79 Å². The lowest BCUT2D eigenvalue weighted by atomic mass is 9.98. The molecule has 110 valence electrons. The SMILES string of the molecule is NC1CCC2CN(C(=O)CCCc3ccc(Br)s3)CC12. The molecule has 1 saturated carbocycles. The van der Waals surface area contributed by atoms with Crippen LogP contribution in [0.4, 0.5) is 0 Å². The van der Waals surface area contributed by atoms with E-state index in [0.29, 0.717) is 30.2 Å². The van der Waals surface area contributed by atoms with Crippen molar-refractivity contribution in [3.05, 3.63) is 20.8 Å². The van der Waals surface area contributed by atoms with E-state index in [1.54, 1.807) is 11.3 Å². The maximum atomic E-state index is 12.3. The molecule has 3 rings (SSSR count). The lowest BCUT2D eigenvalue weighted by Gasteiger charge is -2.18. The molecule has 2 fully saturated rings. The zero-order valence-corrected chi connectivity index (χ0v) is 14.0. The van der Waals surface area contributed by atoms with Crippen LogP contribution < -0.4 is 5.73 Å². The van der Waals surface area contributed by atoms with Crippen molar-refractivity contribution in [2.75, 3.05) is 13.1 Å². The number of nitrogens with two attached hydrogens (primary N) is 1. The molecule has 0 aromatic carbocycles. The van der Waals surface area contributed by atoms with Crippen molar-refractivity contribution in [2.45, 2.75) is 38.1 Å². The Morgan fingerprint density at radius 2 is 2.25 bits per heavy atom. The first-order valence-corrected chi connectivity index (χ1v) is 9.02. The Morgan fingerprint density at radius 3 is 2.95 bits per heavy atom. The van der Waals surface area contributed by atoms with Crippen molar-refractivity contribution in [2.24, 2.45) is 17.6 Å². The lowest BCUT2D eigenvalue weighted by Crippen LogP contribution is -2.33. The first-order chi connectivity index (χ1) is 9.63. The molecule has 2 N–H and O–H groups in total. The number of likely N-dealkylation sites (tertiary alicyclic amines) is 1. The van der Waals surface area contributed by atoms with E-state index in [-0.39, 0.29) is 0 Å². The number of hydrogen-bond acceptors (Lipinski definition) is 3. The summed E-state index contributed by atoms with van der Waals surface area (Å²) >= 11 is 5.23. The third kappa shape index (κ3) is 3.10. The van der Waals surface area contributed by atoms with Gasteiger partial charge in [-0.2, -0.15) is 0 Å². The lowest BCUT2D eigenvalue weighted by molar-refractivity contribution is -0.130. The van der Waals surface area contributed by atoms with Gasteiger partial charge in [0.2, 0.25) is 5.91 Å². The van der Waals surface area contributed by atoms with Gasteiger partial charge in [0, 0.05) is 30.4 Å². The molecule has 1 amide bonds. The predicted octanol–water partition coefficient (Wildman–Crippen LogP) is 3.03. The summed E-state index contributed by atoms with van der Waals surface area (Å²) in [6.45, 7) is 1.84. The number of aryl methyl sites for hydroxylation is 1. The van der Waals surface area contributed by atoms with Crippen LogP contribution in [0.3, 0.4) is 0 Å². The van der Waals surface area contributed by atoms with E-state index in [2.05, 4.69) is 33.0 Å². The third-order valence-corrected chi connectivity index (χ3v) is 6.39. The minimum Gasteiger partial charge on any atom is -0.342 e. The van der Waals surface area contributed by atoms with Crippen molar-refractivity contribution in [3.63, 3.8) is 0 Å². The Morgan fingerprint density at radius 1 is 1.40 bits per heavy atom. The topological polar surface area (TPSA) is 46.3 Å². The highest BCUT2D eigenvalue weighted by Gasteiger charge is 2.42. The van der Waals surface area contributed by atoms with E-state index in [4.69, 9.17) is 5.73 Å². The fourth-order valence-corrected chi connectivity index (χ4v) is 5.09. The molecule has 0 spiro atoms. The van der Waals surface area contributed by atoms with Gasteiger partial charge in [-0.05, 0) is 65.6 Å². The van der Waals surface area contributed by atoms with Gasteiger partial charge in [0.25, 0.3) is 0 Å². The first kappa shape index (κ1) is 14.5. The smallest absolute Gasteiger partial charge is 0.222 e. The molecule has 1 aromatic heterocycles. The molecular formula is C15H21BrN2OS. The summed E-state index contributed by atoms with van der Waals surface area (Å²) in [5.41, 5.74) is 6.12. The molecule has 3 unspecified atom stereocenters. The second-order valence-electron chi connectivity index (χ2n) is 6.02. The zero-order chi connectivity index (χ0) is 14.1. The fraction of sp³-hybridized carbons (Fsp3) is 0.667. The Hall–Kier alpha value is -0.390. The summed E-state index contributed by atoms with van der Waals surface area (Å²) < 4.78 is 1.17. The third-order valence-electron chi connectivity index (χ3n) is 4.71. The fourth-order valence-electron chi connectivity index (χ4n) is 3.57. The molecule has 1 saturated heterocycles. The van der Waals surface area contributed by atoms with Gasteiger partial charge in [-0.3, -0.25) is 4.79 Å². The zero-order valence-electron chi connectivity index (χ0n) is 11.6. The molecule has 2 aliphatic rings. The average molecular weight is 357 g/mol. The number of rotatable bonds is 4. The molecule has 3 nitrogen and oxygen atoms in total. The van der Waals surface area contributed by atoms with Crippen molar-refractivity contribution in [3.8, 4) is 0 Å². The highest BCUT2D eigenvalue weighted by atomic mass is 79.9. The maximum Gasteiger partial charge on any atom is 0.222 e. The van der Waals surface area contributed by atoms with Crippen molar-refractivity contribution in [1.82, 2.24) is 4.90 Å². The summed E-state index contributed by atoms with van der Waals surface area (Å²) in [4.78, 5) is 15.7. The minimum absolute atomic E-state index is 0.321. The van der Waals surface area contributed by atoms with E-state index < -0.39 is 0 Å². The van der Waals surface area contributed by atoms with E-state index in [1.807, 2.05) is 0 Å². The van der Waals surface area contributed by atoms with Crippen LogP contribution in [0, 0.1) is 11.8 Å². The Bertz CT molecular complexity index is 490. The molecule has 1 aromatic rings. The monoisotopic (exact) mass is 356 g/mol. The summed E-state index contributed by atoms with van der Waals surface area (Å²) in [5, 5.41) is 0. The van der Waals surface area contributed by atoms with E-state index in [9.17, 15) is 4.79 Å². The van der Waals surface area contributed by atoms with Crippen molar-refractivity contribution in [1.29, 1.82) is 0 Å². The van der Waals surface area contributed by atoms with Gasteiger partial charge in [-0.25, -0.2) is 0 Å². The molecular weight excluding hydrogens is 336 g/mol. The number of nitrogens with zero attached hydrogens (tertiary/aromatic N) is 1. The van der Waals surface area contributed by atoms with Gasteiger partial charge in [-0.1, -0.05) is 0 Å². The van der Waals surface area contributed by atoms with Crippen LogP contribution in [0.25, 0.3) is 0 Å². The van der Waals surface area contributed by atoms with Crippen LogP contribution in [-0.2, 0) is 11.2 Å². The highest BCUT2D eigenvalue weighted by molar-refractivity contribution is 9.11. The van der Waals surface area contributed by atoms with Crippen LogP contribution in [0.5, 0.6) is 0 Å². The molecule has 1 aliphatic carbocycles. The number of carbonyl (C=O) groups is 1. The molecule has 1 aliphatic heterocycles. The van der Waals surface area contributed by atoms with E-state index in [1.165, 1.54) is 15.1 Å². The molecule has 5 heteroatoms. The maximum absolute atomic E-state index is 12.3. The quantitative estimate of drug-likeness (QED) is 0.900. The Kier molecular flexibility index (Phi) is 4.48. The standard InChI is InChI=1S/C15H21BrN2OS/c16-14-7-5-11(20-14)2-1-3-15(19)18-8-10-4-6-13(17)12(10)9-18/h5,7,10,12-13H,1-4,6,8-9,17H2. The van der Waals surface area contributed by atoms with Gasteiger partial charge in [-0.15, -0.1) is 11.3 Å². The van der Waals surface area contributed by atoms with Gasteiger partial charge in [0.15, 0.2) is 0 Å². The summed E-state index contributed by atoms with van der Waals surface area (Å²) in [5.74, 6) is 1.55. The molecule has 3 atom stereocenters. The van der Waals surface area contributed by atoms with Gasteiger partial charge in [0.1, 0.15) is 0 Å². The van der Waals surface area contributed by atoms with Crippen molar-refractivity contribution < 1.29 is 4.79 Å². The number of amides is 1. The van der Waals surface area contributed by atoms with Crippen molar-refractivity contribution >= 4 is 33.2 Å². The molecule has 0 radical (unpaired) electrons. The largest absolute Gasteiger partial charge is 0.342 e. The second kappa shape index (κ2) is 6.16. The van der Waals surface area contributed by atoms with E-state index >= 15 is 0 Å². The van der Waals surface area contributed by atoms with Crippen LogP contribution in [-0.4, -0.2) is 29.9 Å². The normalized spacial score (nSPS) is 28.9. The first-order valence-electron chi connectivity index (χ1n) is 7.41. The van der Waals surface area contributed by atoms with Crippen LogP contribution in [0.15, 0.2) is 15.9 Å². The molecule has 20 heavy (non-hydrogen) atoms. The van der Waals surface area contributed by atoms with Gasteiger partial charge >= 0.3 is 0 Å². The second-order valence-corrected chi connectivity index (χ2v) is 8.57. The number of fused-ring (bicyclic) bond motifs is 1.